The zero-order valence-electron chi connectivity index (χ0n) is 30.6. The van der Waals surface area contributed by atoms with Crippen LogP contribution in [-0.4, -0.2) is 25.4 Å². The third kappa shape index (κ3) is 7.27. The Hall–Kier alpha value is -5.16. The van der Waals surface area contributed by atoms with Crippen molar-refractivity contribution < 1.29 is 30.0 Å². The molecule has 0 spiro atoms. The first-order chi connectivity index (χ1) is 25.5. The standard InChI is InChI=1S/C34H20N3.C13H24O2.Ir/c1-4-12-26-22(9-1)17-18-29-33(35-21-36-34(26)29)24-19-23-10-2-3-11-25(23)32(20-24)37-30-15-7-5-13-27(30)28-14-6-8-16-31(28)37;1-5-10(6-2)12(14)9-13(15)11(7-3)8-4;/h1-18,20-21H;9-11,14H,5-8H2,1-4H3;/q-1;;/b;12-9-;. The van der Waals surface area contributed by atoms with Crippen molar-refractivity contribution in [1.82, 2.24) is 14.5 Å². The number of carbonyl (C=O) groups is 1. The zero-order valence-corrected chi connectivity index (χ0v) is 33.0. The topological polar surface area (TPSA) is 68.0 Å². The maximum Gasteiger partial charge on any atom is 0.162 e. The van der Waals surface area contributed by atoms with Crippen molar-refractivity contribution in [3.8, 4) is 16.9 Å². The van der Waals surface area contributed by atoms with Crippen LogP contribution < -0.4 is 0 Å². The van der Waals surface area contributed by atoms with Gasteiger partial charge in [-0.1, -0.05) is 136 Å². The van der Waals surface area contributed by atoms with E-state index in [1.165, 1.54) is 33.3 Å². The van der Waals surface area contributed by atoms with E-state index >= 15 is 0 Å². The summed E-state index contributed by atoms with van der Waals surface area (Å²) in [7, 11) is 0. The third-order valence-corrected chi connectivity index (χ3v) is 10.4. The summed E-state index contributed by atoms with van der Waals surface area (Å²) < 4.78 is 2.38. The predicted molar refractivity (Wildman–Crippen MR) is 217 cm³/mol. The second-order valence-electron chi connectivity index (χ2n) is 13.4. The molecule has 1 radical (unpaired) electrons. The fraction of sp³-hybridized carbons (Fsp3) is 0.213. The average molecular weight is 875 g/mol. The van der Waals surface area contributed by atoms with Crippen molar-refractivity contribution in [2.75, 3.05) is 0 Å². The van der Waals surface area contributed by atoms with E-state index in [0.29, 0.717) is 0 Å². The van der Waals surface area contributed by atoms with Crippen LogP contribution in [0, 0.1) is 17.9 Å². The Bertz CT molecular complexity index is 2530. The van der Waals surface area contributed by atoms with Crippen LogP contribution in [0.15, 0.2) is 133 Å². The molecule has 5 nitrogen and oxygen atoms in total. The predicted octanol–water partition coefficient (Wildman–Crippen LogP) is 12.4. The Morgan fingerprint density at radius 1 is 0.679 bits per heavy atom. The number of aliphatic hydroxyl groups is 1. The molecule has 53 heavy (non-hydrogen) atoms. The minimum Gasteiger partial charge on any atom is -0.512 e. The van der Waals surface area contributed by atoms with Crippen LogP contribution in [0.3, 0.4) is 0 Å². The number of rotatable bonds is 9. The van der Waals surface area contributed by atoms with Crippen LogP contribution >= 0.6 is 0 Å². The first-order valence-corrected chi connectivity index (χ1v) is 18.5. The minimum atomic E-state index is 0. The smallest absolute Gasteiger partial charge is 0.162 e. The quantitative estimate of drug-likeness (QED) is 0.0679. The minimum absolute atomic E-state index is 0. The maximum absolute atomic E-state index is 11.7. The Morgan fingerprint density at radius 2 is 1.25 bits per heavy atom. The number of carbonyl (C=O) groups excluding carboxylic acids is 1. The summed E-state index contributed by atoms with van der Waals surface area (Å²) >= 11 is 0. The van der Waals surface area contributed by atoms with Gasteiger partial charge >= 0.3 is 0 Å². The Labute approximate surface area is 324 Å². The summed E-state index contributed by atoms with van der Waals surface area (Å²) in [6, 6.07) is 44.3. The first kappa shape index (κ1) is 37.6. The van der Waals surface area contributed by atoms with E-state index in [4.69, 9.17) is 4.98 Å². The molecule has 0 aliphatic rings. The van der Waals surface area contributed by atoms with E-state index < -0.39 is 0 Å². The van der Waals surface area contributed by atoms with Crippen molar-refractivity contribution in [3.05, 3.63) is 139 Å². The van der Waals surface area contributed by atoms with Gasteiger partial charge in [-0.05, 0) is 54.3 Å². The molecule has 0 fully saturated rings. The van der Waals surface area contributed by atoms with Gasteiger partial charge in [-0.15, -0.1) is 17.5 Å². The van der Waals surface area contributed by atoms with Crippen LogP contribution in [0.2, 0.25) is 0 Å². The molecule has 269 valence electrons. The number of allylic oxidation sites excluding steroid dienone is 2. The van der Waals surface area contributed by atoms with E-state index in [-0.39, 0.29) is 43.5 Å². The van der Waals surface area contributed by atoms with Crippen molar-refractivity contribution in [3.63, 3.8) is 0 Å². The summed E-state index contributed by atoms with van der Waals surface area (Å²) in [6.07, 6.45) is 6.58. The molecule has 0 saturated heterocycles. The van der Waals surface area contributed by atoms with Gasteiger partial charge in [0, 0.05) is 59.9 Å². The number of nitrogens with zero attached hydrogens (tertiary/aromatic N) is 3. The van der Waals surface area contributed by atoms with Crippen molar-refractivity contribution in [2.45, 2.75) is 53.4 Å². The number of hydrogen-bond acceptors (Lipinski definition) is 4. The maximum atomic E-state index is 11.7. The molecule has 0 bridgehead atoms. The molecule has 6 aromatic carbocycles. The Balaban J connectivity index is 0.000000258. The molecule has 2 heterocycles. The summed E-state index contributed by atoms with van der Waals surface area (Å²) in [4.78, 5) is 21.2. The second-order valence-corrected chi connectivity index (χ2v) is 13.4. The van der Waals surface area contributed by atoms with Gasteiger partial charge in [0.1, 0.15) is 6.33 Å². The van der Waals surface area contributed by atoms with Gasteiger partial charge in [0.2, 0.25) is 0 Å². The molecule has 0 aliphatic heterocycles. The number of aromatic nitrogens is 3. The normalized spacial score (nSPS) is 11.8. The fourth-order valence-electron chi connectivity index (χ4n) is 7.50. The van der Waals surface area contributed by atoms with Crippen LogP contribution in [0.4, 0.5) is 0 Å². The number of fused-ring (bicyclic) bond motifs is 7. The van der Waals surface area contributed by atoms with Crippen molar-refractivity contribution >= 4 is 60.0 Å². The molecule has 0 saturated carbocycles. The molecule has 8 aromatic rings. The SMILES string of the molecule is CCC(CC)C(=O)/C=C(\O)C(CC)CC.[Ir].[c-]1c(-c2ncnc3c2ccc2ccccc23)cc(-n2c3ccccc3c3ccccc32)c2ccccc12. The molecule has 1 N–H and O–H groups in total. The van der Waals surface area contributed by atoms with Gasteiger partial charge < -0.3 is 9.67 Å². The Kier molecular flexibility index (Phi) is 11.8. The monoisotopic (exact) mass is 875 g/mol. The molecule has 0 atom stereocenters. The molecule has 6 heteroatoms. The van der Waals surface area contributed by atoms with Crippen LogP contribution in [0.1, 0.15) is 53.4 Å². The van der Waals surface area contributed by atoms with E-state index in [1.807, 2.05) is 27.7 Å². The van der Waals surface area contributed by atoms with E-state index in [0.717, 1.165) is 69.7 Å². The Morgan fingerprint density at radius 3 is 1.89 bits per heavy atom. The van der Waals surface area contributed by atoms with Crippen LogP contribution in [0.25, 0.3) is 71.2 Å². The van der Waals surface area contributed by atoms with Gasteiger partial charge in [0.15, 0.2) is 5.78 Å². The molecule has 2 aromatic heterocycles. The number of hydrogen-bond donors (Lipinski definition) is 1. The largest absolute Gasteiger partial charge is 0.512 e. The van der Waals surface area contributed by atoms with E-state index in [9.17, 15) is 9.90 Å². The van der Waals surface area contributed by atoms with E-state index in [1.54, 1.807) is 6.33 Å². The van der Waals surface area contributed by atoms with E-state index in [2.05, 4.69) is 131 Å². The van der Waals surface area contributed by atoms with Crippen LogP contribution in [-0.2, 0) is 24.9 Å². The fourth-order valence-corrected chi connectivity index (χ4v) is 7.50. The van der Waals surface area contributed by atoms with Gasteiger partial charge in [-0.2, -0.15) is 0 Å². The van der Waals surface area contributed by atoms with Crippen molar-refractivity contribution in [2.24, 2.45) is 11.8 Å². The second kappa shape index (κ2) is 16.7. The molecular weight excluding hydrogens is 831 g/mol. The van der Waals surface area contributed by atoms with Gasteiger partial charge in [-0.25, -0.2) is 4.98 Å². The van der Waals surface area contributed by atoms with Gasteiger partial charge in [-0.3, -0.25) is 9.78 Å². The summed E-state index contributed by atoms with van der Waals surface area (Å²) in [5.41, 5.74) is 6.30. The first-order valence-electron chi connectivity index (χ1n) is 18.5. The van der Waals surface area contributed by atoms with Gasteiger partial charge in [0.25, 0.3) is 0 Å². The number of benzene rings is 6. The number of ketones is 1. The molecular formula is C47H44IrN3O2-. The summed E-state index contributed by atoms with van der Waals surface area (Å²) in [5.74, 6) is 0.547. The zero-order chi connectivity index (χ0) is 36.2. The molecule has 0 amide bonds. The third-order valence-electron chi connectivity index (χ3n) is 10.4. The number of para-hydroxylation sites is 2. The van der Waals surface area contributed by atoms with Crippen LogP contribution in [0.5, 0.6) is 0 Å². The molecule has 0 unspecified atom stereocenters. The van der Waals surface area contributed by atoms with Crippen molar-refractivity contribution in [1.29, 1.82) is 0 Å². The average Bonchev–Trinajstić information content (AvgIpc) is 3.52. The molecule has 8 rings (SSSR count). The van der Waals surface area contributed by atoms with Gasteiger partial charge in [0.05, 0.1) is 22.3 Å². The summed E-state index contributed by atoms with van der Waals surface area (Å²) in [5, 5.41) is 17.8. The molecule has 0 aliphatic carbocycles. The number of aliphatic hydroxyl groups excluding tert-OH is 1. The summed E-state index contributed by atoms with van der Waals surface area (Å²) in [6.45, 7) is 8.07.